The van der Waals surface area contributed by atoms with E-state index in [1.54, 1.807) is 14.2 Å². The molecule has 1 aliphatic rings. The van der Waals surface area contributed by atoms with Crippen LogP contribution in [0, 0.1) is 49.9 Å². The minimum absolute atomic E-state index is 0.102. The molecule has 0 aliphatic carbocycles. The number of hydrogen-bond acceptors (Lipinski definition) is 12. The summed E-state index contributed by atoms with van der Waals surface area (Å²) in [4.78, 5) is 0. The normalized spacial score (nSPS) is 16.1. The van der Waals surface area contributed by atoms with Crippen LogP contribution < -0.4 is 18.9 Å². The molecular weight excluding hydrogens is 1040 g/mol. The van der Waals surface area contributed by atoms with Gasteiger partial charge in [0.15, 0.2) is 0 Å². The second kappa shape index (κ2) is 35.1. The Morgan fingerprint density at radius 2 is 1.16 bits per heavy atom. The fourth-order valence-corrected chi connectivity index (χ4v) is 12.8. The topological polar surface area (TPSA) is 119 Å². The molecule has 1 aliphatic heterocycles. The maximum absolute atomic E-state index is 9.46. The van der Waals surface area contributed by atoms with Gasteiger partial charge in [0.2, 0.25) is 0 Å². The second-order valence-electron chi connectivity index (χ2n) is 23.7. The highest BCUT2D eigenvalue weighted by atomic mass is 31.2. The molecule has 0 saturated carbocycles. The predicted octanol–water partition coefficient (Wildman–Crippen LogP) is 16.3. The summed E-state index contributed by atoms with van der Waals surface area (Å²) in [5.74, 6) is 5.90. The third-order valence-electron chi connectivity index (χ3n) is 15.9. The Hall–Kier alpha value is -4.28. The van der Waals surface area contributed by atoms with Crippen molar-refractivity contribution in [2.75, 3.05) is 73.7 Å². The molecule has 0 bridgehead atoms. The van der Waals surface area contributed by atoms with Gasteiger partial charge in [0.05, 0.1) is 79.6 Å². The van der Waals surface area contributed by atoms with E-state index in [1.165, 1.54) is 68.1 Å². The Morgan fingerprint density at radius 1 is 0.630 bits per heavy atom. The molecule has 0 radical (unpaired) electrons. The number of methoxy groups -OCH3 is 2. The van der Waals surface area contributed by atoms with Gasteiger partial charge in [0, 0.05) is 17.6 Å². The number of nitrogens with zero attached hydrogens (tertiary/aromatic N) is 2. The fraction of sp³-hybridized carbons (Fsp3) is 0.632. The molecule has 5 atom stereocenters. The van der Waals surface area contributed by atoms with Crippen LogP contribution in [0.2, 0.25) is 0 Å². The van der Waals surface area contributed by atoms with Crippen LogP contribution in [0.3, 0.4) is 0 Å². The Kier molecular flexibility index (Phi) is 29.3. The first-order chi connectivity index (χ1) is 39.0. The first-order valence-electron chi connectivity index (χ1n) is 30.4. The largest absolute Gasteiger partial charge is 0.497 e. The van der Waals surface area contributed by atoms with Gasteiger partial charge in [-0.2, -0.15) is 5.26 Å². The van der Waals surface area contributed by atoms with Crippen LogP contribution in [0.4, 0.5) is 0 Å². The Balaban J connectivity index is 1.14. The van der Waals surface area contributed by atoms with E-state index in [0.29, 0.717) is 39.6 Å². The first-order valence-corrected chi connectivity index (χ1v) is 31.5. The molecule has 0 saturated heterocycles. The van der Waals surface area contributed by atoms with Gasteiger partial charge in [-0.25, -0.2) is 4.67 Å². The van der Waals surface area contributed by atoms with Crippen molar-refractivity contribution in [3.8, 4) is 29.1 Å². The Morgan fingerprint density at radius 3 is 1.70 bits per heavy atom. The number of fused-ring (bicyclic) bond motifs is 1. The fourth-order valence-electron chi connectivity index (χ4n) is 11.2. The first kappa shape index (κ1) is 67.5. The predicted molar refractivity (Wildman–Crippen MR) is 329 cm³/mol. The van der Waals surface area contributed by atoms with E-state index >= 15 is 0 Å². The molecule has 4 aromatic carbocycles. The molecule has 13 heteroatoms. The van der Waals surface area contributed by atoms with E-state index in [2.05, 4.69) is 106 Å². The van der Waals surface area contributed by atoms with Crippen LogP contribution >= 0.6 is 8.53 Å². The zero-order valence-corrected chi connectivity index (χ0v) is 53.1. The summed E-state index contributed by atoms with van der Waals surface area (Å²) in [5, 5.41) is 9.46. The molecule has 5 unspecified atom stereocenters. The van der Waals surface area contributed by atoms with Crippen molar-refractivity contribution in [1.29, 1.82) is 5.26 Å². The van der Waals surface area contributed by atoms with Crippen molar-refractivity contribution in [1.82, 2.24) is 4.67 Å². The molecule has 1 heterocycles. The van der Waals surface area contributed by atoms with Crippen LogP contribution in [-0.4, -0.2) is 102 Å². The lowest BCUT2D eigenvalue weighted by atomic mass is 9.80. The van der Waals surface area contributed by atoms with E-state index in [1.807, 2.05) is 66.7 Å². The lowest BCUT2D eigenvalue weighted by Gasteiger charge is -2.39. The summed E-state index contributed by atoms with van der Waals surface area (Å²) in [6, 6.07) is 28.5. The van der Waals surface area contributed by atoms with Crippen LogP contribution in [-0.2, 0) is 40.0 Å². The molecular formula is C68H103N2O10P. The number of hydrogen-bond donors (Lipinski definition) is 0. The number of benzene rings is 4. The van der Waals surface area contributed by atoms with Gasteiger partial charge >= 0.3 is 0 Å². The van der Waals surface area contributed by atoms with Gasteiger partial charge in [-0.3, -0.25) is 0 Å². The third kappa shape index (κ3) is 20.8. The molecule has 0 fully saturated rings. The van der Waals surface area contributed by atoms with Crippen molar-refractivity contribution < 1.29 is 46.9 Å². The van der Waals surface area contributed by atoms with Crippen LogP contribution in [0.5, 0.6) is 23.0 Å². The average molecular weight is 1140 g/mol. The van der Waals surface area contributed by atoms with E-state index in [4.69, 9.17) is 46.9 Å². The molecule has 450 valence electrons. The maximum Gasteiger partial charge on any atom is 0.259 e. The molecule has 0 amide bonds. The highest BCUT2D eigenvalue weighted by Gasteiger charge is 2.40. The standard InChI is InChI=1S/C68H103N2O10P/c1-50(2)22-18-23-53(7)24-19-25-54(8)26-20-38-67(12)39-37-64-57(11)65(55(9)56(10)66(64)79-67)76-47-46-74-43-42-73-44-45-75-48-63(80-81(78-41-21-40-69)70(51(3)4)52(5)6)49-77-68(58-27-16-15-17-28-58,59-29-33-61(71-13)34-30-59)60-31-35-62(72-14)36-32-60/h15-17,27-36,50-54,63H,18-26,37-39,41-49H2,1-14H3. The molecule has 12 nitrogen and oxygen atoms in total. The SMILES string of the molecule is COc1ccc(C(OCC(COCCOCCOCCOc2c(C)c(C)c3c(c2C)CCC(C)(CCCC(C)CCCC(C)CCCC(C)C)O3)OP(OCCC#N)N(C(C)C)C(C)C)(c2ccccc2)c2ccc(OC)cc2)cc1. The van der Waals surface area contributed by atoms with E-state index < -0.39 is 20.2 Å². The molecule has 0 N–H and O–H groups in total. The highest BCUT2D eigenvalue weighted by Crippen LogP contribution is 2.49. The number of ether oxygens (including phenoxy) is 8. The zero-order chi connectivity index (χ0) is 58.8. The highest BCUT2D eigenvalue weighted by molar-refractivity contribution is 7.44. The molecule has 0 spiro atoms. The summed E-state index contributed by atoms with van der Waals surface area (Å²) >= 11 is 0. The molecule has 4 aromatic rings. The van der Waals surface area contributed by atoms with E-state index in [9.17, 15) is 5.26 Å². The van der Waals surface area contributed by atoms with Gasteiger partial charge in [0.1, 0.15) is 46.9 Å². The van der Waals surface area contributed by atoms with Crippen molar-refractivity contribution in [2.24, 2.45) is 17.8 Å². The summed E-state index contributed by atoms with van der Waals surface area (Å²) < 4.78 is 65.8. The minimum atomic E-state index is -1.63. The number of nitriles is 1. The molecule has 81 heavy (non-hydrogen) atoms. The quantitative estimate of drug-likeness (QED) is 0.0240. The Labute approximate surface area is 491 Å². The van der Waals surface area contributed by atoms with Crippen LogP contribution in [0.1, 0.15) is 172 Å². The third-order valence-corrected chi connectivity index (χ3v) is 18.1. The van der Waals surface area contributed by atoms with Crippen molar-refractivity contribution in [3.05, 3.63) is 118 Å². The van der Waals surface area contributed by atoms with Gasteiger partial charge in [0.25, 0.3) is 8.53 Å². The average Bonchev–Trinajstić information content (AvgIpc) is 3.61. The summed E-state index contributed by atoms with van der Waals surface area (Å²) in [5.41, 5.74) is 6.29. The lowest BCUT2D eigenvalue weighted by Crippen LogP contribution is -2.39. The van der Waals surface area contributed by atoms with E-state index in [-0.39, 0.29) is 43.9 Å². The lowest BCUT2D eigenvalue weighted by molar-refractivity contribution is -0.0653. The van der Waals surface area contributed by atoms with E-state index in [0.717, 1.165) is 82.3 Å². The molecule has 5 rings (SSSR count). The summed E-state index contributed by atoms with van der Waals surface area (Å²) in [6.45, 7) is 29.8. The maximum atomic E-state index is 9.46. The van der Waals surface area contributed by atoms with Crippen LogP contribution in [0.25, 0.3) is 0 Å². The zero-order valence-electron chi connectivity index (χ0n) is 52.2. The Bertz CT molecular complexity index is 2370. The van der Waals surface area contributed by atoms with Crippen LogP contribution in [0.15, 0.2) is 78.9 Å². The van der Waals surface area contributed by atoms with Crippen molar-refractivity contribution in [3.63, 3.8) is 0 Å². The van der Waals surface area contributed by atoms with Gasteiger partial charge in [-0.15, -0.1) is 0 Å². The van der Waals surface area contributed by atoms with Gasteiger partial charge < -0.3 is 46.9 Å². The van der Waals surface area contributed by atoms with Gasteiger partial charge in [-0.1, -0.05) is 127 Å². The molecule has 0 aromatic heterocycles. The smallest absolute Gasteiger partial charge is 0.259 e. The number of rotatable bonds is 40. The monoisotopic (exact) mass is 1140 g/mol. The minimum Gasteiger partial charge on any atom is -0.497 e. The van der Waals surface area contributed by atoms with Gasteiger partial charge in [-0.05, 0) is 156 Å². The van der Waals surface area contributed by atoms with Crippen molar-refractivity contribution >= 4 is 8.53 Å². The van der Waals surface area contributed by atoms with Crippen molar-refractivity contribution in [2.45, 2.75) is 190 Å². The summed E-state index contributed by atoms with van der Waals surface area (Å²) in [6.07, 6.45) is 13.4. The second-order valence-corrected chi connectivity index (χ2v) is 25.1. The summed E-state index contributed by atoms with van der Waals surface area (Å²) in [7, 11) is 1.70.